The lowest BCUT2D eigenvalue weighted by Gasteiger charge is -2.27. The first-order valence-electron chi connectivity index (χ1n) is 10.1. The van der Waals surface area contributed by atoms with Crippen LogP contribution in [-0.2, 0) is 20.9 Å². The van der Waals surface area contributed by atoms with E-state index in [0.717, 1.165) is 16.0 Å². The molecule has 1 aliphatic heterocycles. The first-order chi connectivity index (χ1) is 15.4. The number of rotatable bonds is 8. The molecule has 0 radical (unpaired) electrons. The lowest BCUT2D eigenvalue weighted by molar-refractivity contribution is -0.140. The van der Waals surface area contributed by atoms with Crippen LogP contribution in [0.4, 0.5) is 0 Å². The highest BCUT2D eigenvalue weighted by atomic mass is 35.5. The number of imide groups is 1. The van der Waals surface area contributed by atoms with Crippen LogP contribution in [0.15, 0.2) is 65.3 Å². The number of hydrogen-bond acceptors (Lipinski definition) is 5. The van der Waals surface area contributed by atoms with Crippen molar-refractivity contribution in [2.24, 2.45) is 0 Å². The van der Waals surface area contributed by atoms with Crippen LogP contribution in [0.3, 0.4) is 0 Å². The second-order valence-electron chi connectivity index (χ2n) is 7.26. The average molecular weight is 451 g/mol. The number of hydrogen-bond donors (Lipinski definition) is 0. The number of methoxy groups -OCH3 is 1. The highest BCUT2D eigenvalue weighted by molar-refractivity contribution is 6.30. The predicted molar refractivity (Wildman–Crippen MR) is 122 cm³/mol. The molecular formula is C25H23ClN2O4. The van der Waals surface area contributed by atoms with E-state index < -0.39 is 11.8 Å². The number of amides is 2. The van der Waals surface area contributed by atoms with E-state index in [9.17, 15) is 14.9 Å². The van der Waals surface area contributed by atoms with E-state index in [1.165, 1.54) is 0 Å². The van der Waals surface area contributed by atoms with Crippen molar-refractivity contribution in [3.8, 4) is 11.8 Å². The van der Waals surface area contributed by atoms with Crippen molar-refractivity contribution >= 4 is 29.5 Å². The second kappa shape index (κ2) is 10.8. The largest absolute Gasteiger partial charge is 0.489 e. The van der Waals surface area contributed by atoms with Crippen LogP contribution in [0.2, 0.25) is 5.02 Å². The average Bonchev–Trinajstić information content (AvgIpc) is 2.80. The van der Waals surface area contributed by atoms with Gasteiger partial charge < -0.3 is 9.47 Å². The van der Waals surface area contributed by atoms with Crippen molar-refractivity contribution in [2.45, 2.75) is 20.0 Å². The van der Waals surface area contributed by atoms with E-state index in [-0.39, 0.29) is 12.1 Å². The highest BCUT2D eigenvalue weighted by Crippen LogP contribution is 2.27. The lowest BCUT2D eigenvalue weighted by Crippen LogP contribution is -2.43. The van der Waals surface area contributed by atoms with Crippen molar-refractivity contribution < 1.29 is 19.1 Å². The summed E-state index contributed by atoms with van der Waals surface area (Å²) in [5.41, 5.74) is 2.45. The molecular weight excluding hydrogens is 428 g/mol. The Morgan fingerprint density at radius 3 is 2.38 bits per heavy atom. The summed E-state index contributed by atoms with van der Waals surface area (Å²) in [7, 11) is 1.55. The summed E-state index contributed by atoms with van der Waals surface area (Å²) in [4.78, 5) is 26.6. The molecule has 0 saturated heterocycles. The van der Waals surface area contributed by atoms with Gasteiger partial charge in [-0.05, 0) is 60.4 Å². The molecule has 0 atom stereocenters. The molecule has 0 fully saturated rings. The molecule has 1 heterocycles. The fourth-order valence-corrected chi connectivity index (χ4v) is 3.40. The monoisotopic (exact) mass is 450 g/mol. The molecule has 0 spiro atoms. The normalized spacial score (nSPS) is 15.3. The minimum atomic E-state index is -0.561. The minimum Gasteiger partial charge on any atom is -0.489 e. The van der Waals surface area contributed by atoms with Gasteiger partial charge in [-0.25, -0.2) is 0 Å². The maximum Gasteiger partial charge on any atom is 0.271 e. The van der Waals surface area contributed by atoms with Crippen LogP contribution >= 0.6 is 11.6 Å². The van der Waals surface area contributed by atoms with Gasteiger partial charge in [0.2, 0.25) is 0 Å². The summed E-state index contributed by atoms with van der Waals surface area (Å²) in [5, 5.41) is 10.1. The summed E-state index contributed by atoms with van der Waals surface area (Å²) >= 11 is 5.90. The van der Waals surface area contributed by atoms with Gasteiger partial charge in [0, 0.05) is 30.9 Å². The Labute approximate surface area is 192 Å². The quantitative estimate of drug-likeness (QED) is 0.335. The van der Waals surface area contributed by atoms with Crippen molar-refractivity contribution in [2.75, 3.05) is 20.3 Å². The number of benzene rings is 2. The predicted octanol–water partition coefficient (Wildman–Crippen LogP) is 4.55. The third kappa shape index (κ3) is 5.44. The van der Waals surface area contributed by atoms with Gasteiger partial charge in [0.25, 0.3) is 11.8 Å². The Morgan fingerprint density at radius 2 is 1.75 bits per heavy atom. The summed E-state index contributed by atoms with van der Waals surface area (Å²) in [6.07, 6.45) is 2.19. The highest BCUT2D eigenvalue weighted by Gasteiger charge is 2.34. The molecule has 0 aromatic heterocycles. The molecule has 0 aliphatic carbocycles. The van der Waals surface area contributed by atoms with Crippen molar-refractivity contribution in [3.63, 3.8) is 0 Å². The number of halogens is 1. The number of ether oxygens (including phenoxy) is 2. The molecule has 0 bridgehead atoms. The molecule has 0 unspecified atom stereocenters. The number of nitriles is 1. The zero-order valence-electron chi connectivity index (χ0n) is 17.9. The van der Waals surface area contributed by atoms with Crippen LogP contribution in [0.5, 0.6) is 5.75 Å². The minimum absolute atomic E-state index is 0.0174. The van der Waals surface area contributed by atoms with Crippen LogP contribution < -0.4 is 4.74 Å². The maximum absolute atomic E-state index is 13.0. The zero-order valence-corrected chi connectivity index (χ0v) is 18.7. The van der Waals surface area contributed by atoms with Gasteiger partial charge in [-0.3, -0.25) is 14.5 Å². The Morgan fingerprint density at radius 1 is 1.06 bits per heavy atom. The number of nitrogens with zero attached hydrogens (tertiary/aromatic N) is 2. The fraction of sp³-hybridized carbons (Fsp3) is 0.240. The number of carbonyl (C=O) groups is 2. The molecule has 0 saturated carbocycles. The second-order valence-corrected chi connectivity index (χ2v) is 7.70. The van der Waals surface area contributed by atoms with Crippen molar-refractivity contribution in [3.05, 3.63) is 81.4 Å². The van der Waals surface area contributed by atoms with Gasteiger partial charge in [0.05, 0.1) is 0 Å². The molecule has 32 heavy (non-hydrogen) atoms. The molecule has 6 nitrogen and oxygen atoms in total. The first-order valence-corrected chi connectivity index (χ1v) is 10.5. The van der Waals surface area contributed by atoms with Gasteiger partial charge in [-0.15, -0.1) is 0 Å². The third-order valence-corrected chi connectivity index (χ3v) is 5.32. The third-order valence-electron chi connectivity index (χ3n) is 5.07. The van der Waals surface area contributed by atoms with Crippen molar-refractivity contribution in [1.29, 1.82) is 5.26 Å². The lowest BCUT2D eigenvalue weighted by atomic mass is 9.93. The van der Waals surface area contributed by atoms with Gasteiger partial charge in [-0.2, -0.15) is 5.26 Å². The Kier molecular flexibility index (Phi) is 7.82. The Bertz CT molecular complexity index is 1100. The smallest absolute Gasteiger partial charge is 0.271 e. The van der Waals surface area contributed by atoms with E-state index in [1.807, 2.05) is 42.5 Å². The SMILES string of the molecule is COCCCN1C(=O)C(C#N)=C(C)/C(=C\c2ccc(OCc3ccc(Cl)cc3)cc2)C1=O. The molecule has 2 amide bonds. The van der Waals surface area contributed by atoms with Crippen LogP contribution in [-0.4, -0.2) is 37.0 Å². The first kappa shape index (κ1) is 23.3. The summed E-state index contributed by atoms with van der Waals surface area (Å²) in [6, 6.07) is 16.6. The molecule has 2 aromatic rings. The van der Waals surface area contributed by atoms with Crippen molar-refractivity contribution in [1.82, 2.24) is 4.90 Å². The molecule has 3 rings (SSSR count). The molecule has 1 aliphatic rings. The Hall–Kier alpha value is -3.40. The van der Waals surface area contributed by atoms with Gasteiger partial charge in [0.1, 0.15) is 24.0 Å². The Balaban J connectivity index is 1.78. The summed E-state index contributed by atoms with van der Waals surface area (Å²) < 4.78 is 10.8. The van der Waals surface area contributed by atoms with E-state index in [4.69, 9.17) is 21.1 Å². The summed E-state index contributed by atoms with van der Waals surface area (Å²) in [6.45, 7) is 2.63. The van der Waals surface area contributed by atoms with Crippen LogP contribution in [0, 0.1) is 11.3 Å². The topological polar surface area (TPSA) is 79.6 Å². The summed E-state index contributed by atoms with van der Waals surface area (Å²) in [5.74, 6) is -0.293. The molecule has 164 valence electrons. The fourth-order valence-electron chi connectivity index (χ4n) is 3.27. The zero-order chi connectivity index (χ0) is 23.1. The standard InChI is InChI=1S/C25H23ClN2O4/c1-17-22(24(29)28(12-3-13-31-2)25(30)23(17)15-27)14-18-6-10-21(11-7-18)32-16-19-4-8-20(26)9-5-19/h4-11,14H,3,12-13,16H2,1-2H3/b22-14+. The van der Waals surface area contributed by atoms with Crippen LogP contribution in [0.25, 0.3) is 6.08 Å². The van der Waals surface area contributed by atoms with Crippen LogP contribution in [0.1, 0.15) is 24.5 Å². The molecule has 2 aromatic carbocycles. The van der Waals surface area contributed by atoms with Gasteiger partial charge >= 0.3 is 0 Å². The maximum atomic E-state index is 13.0. The molecule has 7 heteroatoms. The van der Waals surface area contributed by atoms with E-state index in [0.29, 0.717) is 41.6 Å². The van der Waals surface area contributed by atoms with Gasteiger partial charge in [0.15, 0.2) is 0 Å². The van der Waals surface area contributed by atoms with E-state index in [2.05, 4.69) is 0 Å². The van der Waals surface area contributed by atoms with E-state index >= 15 is 0 Å². The number of carbonyl (C=O) groups excluding carboxylic acids is 2. The van der Waals surface area contributed by atoms with E-state index in [1.54, 1.807) is 32.2 Å². The molecule has 0 N–H and O–H groups in total. The van der Waals surface area contributed by atoms with Gasteiger partial charge in [-0.1, -0.05) is 35.9 Å².